The molecule has 100 valence electrons. The standard InChI is InChI=1S/C11H10BrFN4O2/c1-6(4-10(18)19)17-11(14-15-16-17)8-3-2-7(12)5-9(8)13/h2-3,5-6H,4H2,1H3,(H,18,19). The first-order valence-electron chi connectivity index (χ1n) is 5.44. The van der Waals surface area contributed by atoms with Crippen LogP contribution in [0.1, 0.15) is 19.4 Å². The fraction of sp³-hybridized carbons (Fsp3) is 0.273. The van der Waals surface area contributed by atoms with Gasteiger partial charge in [-0.2, -0.15) is 0 Å². The van der Waals surface area contributed by atoms with E-state index in [0.29, 0.717) is 4.47 Å². The summed E-state index contributed by atoms with van der Waals surface area (Å²) in [5.41, 5.74) is 0.227. The van der Waals surface area contributed by atoms with Crippen molar-refractivity contribution in [3.63, 3.8) is 0 Å². The van der Waals surface area contributed by atoms with Gasteiger partial charge in [0.15, 0.2) is 5.82 Å². The normalized spacial score (nSPS) is 12.4. The zero-order chi connectivity index (χ0) is 14.0. The summed E-state index contributed by atoms with van der Waals surface area (Å²) in [6.45, 7) is 1.66. The Kier molecular flexibility index (Phi) is 3.89. The van der Waals surface area contributed by atoms with Crippen molar-refractivity contribution in [3.8, 4) is 11.4 Å². The molecular formula is C11H10BrFN4O2. The lowest BCUT2D eigenvalue weighted by atomic mass is 10.2. The molecule has 0 fully saturated rings. The van der Waals surface area contributed by atoms with Crippen LogP contribution < -0.4 is 0 Å². The van der Waals surface area contributed by atoms with Crippen LogP contribution in [0.4, 0.5) is 4.39 Å². The van der Waals surface area contributed by atoms with Gasteiger partial charge in [-0.05, 0) is 35.5 Å². The summed E-state index contributed by atoms with van der Waals surface area (Å²) in [6.07, 6.45) is -0.143. The summed E-state index contributed by atoms with van der Waals surface area (Å²) in [5.74, 6) is -1.24. The number of aromatic nitrogens is 4. The van der Waals surface area contributed by atoms with Crippen molar-refractivity contribution in [2.45, 2.75) is 19.4 Å². The van der Waals surface area contributed by atoms with E-state index >= 15 is 0 Å². The minimum Gasteiger partial charge on any atom is -0.481 e. The Morgan fingerprint density at radius 1 is 1.58 bits per heavy atom. The second-order valence-electron chi connectivity index (χ2n) is 4.02. The van der Waals surface area contributed by atoms with Crippen molar-refractivity contribution >= 4 is 21.9 Å². The maximum Gasteiger partial charge on any atom is 0.305 e. The van der Waals surface area contributed by atoms with Crippen molar-refractivity contribution in [1.29, 1.82) is 0 Å². The van der Waals surface area contributed by atoms with Crippen LogP contribution in [0.3, 0.4) is 0 Å². The predicted molar refractivity (Wildman–Crippen MR) is 67.9 cm³/mol. The predicted octanol–water partition coefficient (Wildman–Crippen LogP) is 2.28. The van der Waals surface area contributed by atoms with Crippen LogP contribution in [0.5, 0.6) is 0 Å². The summed E-state index contributed by atoms with van der Waals surface area (Å²) in [4.78, 5) is 10.7. The average molecular weight is 329 g/mol. The molecular weight excluding hydrogens is 319 g/mol. The quantitative estimate of drug-likeness (QED) is 0.931. The molecule has 1 aromatic heterocycles. The third kappa shape index (κ3) is 2.95. The maximum absolute atomic E-state index is 13.9. The molecule has 0 aliphatic rings. The van der Waals surface area contributed by atoms with E-state index in [-0.39, 0.29) is 17.8 Å². The number of benzene rings is 1. The van der Waals surface area contributed by atoms with Gasteiger partial charge in [-0.1, -0.05) is 15.9 Å². The number of tetrazole rings is 1. The Balaban J connectivity index is 2.41. The molecule has 0 saturated carbocycles. The molecule has 1 aromatic carbocycles. The smallest absolute Gasteiger partial charge is 0.305 e. The highest BCUT2D eigenvalue weighted by Gasteiger charge is 2.19. The molecule has 2 rings (SSSR count). The van der Waals surface area contributed by atoms with Gasteiger partial charge in [0.05, 0.1) is 18.0 Å². The van der Waals surface area contributed by atoms with Gasteiger partial charge in [-0.15, -0.1) is 5.10 Å². The second kappa shape index (κ2) is 5.43. The fourth-order valence-corrected chi connectivity index (χ4v) is 2.01. The Labute approximate surface area is 116 Å². The van der Waals surface area contributed by atoms with Crippen LogP contribution in [-0.4, -0.2) is 31.3 Å². The first-order chi connectivity index (χ1) is 8.99. The number of aliphatic carboxylic acids is 1. The molecule has 1 heterocycles. The molecule has 0 spiro atoms. The Bertz CT molecular complexity index is 616. The van der Waals surface area contributed by atoms with E-state index in [9.17, 15) is 9.18 Å². The van der Waals surface area contributed by atoms with E-state index in [1.165, 1.54) is 16.8 Å². The minimum absolute atomic E-state index is 0.143. The fourth-order valence-electron chi connectivity index (χ4n) is 1.68. The van der Waals surface area contributed by atoms with E-state index < -0.39 is 17.8 Å². The lowest BCUT2D eigenvalue weighted by Gasteiger charge is -2.11. The third-order valence-electron chi connectivity index (χ3n) is 2.55. The van der Waals surface area contributed by atoms with Crippen molar-refractivity contribution in [2.75, 3.05) is 0 Å². The van der Waals surface area contributed by atoms with Crippen LogP contribution >= 0.6 is 15.9 Å². The first-order valence-corrected chi connectivity index (χ1v) is 6.23. The van der Waals surface area contributed by atoms with Gasteiger partial charge in [0, 0.05) is 4.47 Å². The monoisotopic (exact) mass is 328 g/mol. The number of carboxylic acid groups (broad SMARTS) is 1. The van der Waals surface area contributed by atoms with Crippen LogP contribution in [0, 0.1) is 5.82 Å². The molecule has 0 aliphatic heterocycles. The number of carboxylic acids is 1. The average Bonchev–Trinajstić information content (AvgIpc) is 2.76. The molecule has 8 heteroatoms. The van der Waals surface area contributed by atoms with Crippen LogP contribution in [0.15, 0.2) is 22.7 Å². The van der Waals surface area contributed by atoms with Crippen molar-refractivity contribution in [2.24, 2.45) is 0 Å². The van der Waals surface area contributed by atoms with Gasteiger partial charge in [-0.25, -0.2) is 9.07 Å². The van der Waals surface area contributed by atoms with Crippen LogP contribution in [0.2, 0.25) is 0 Å². The Morgan fingerprint density at radius 2 is 2.32 bits per heavy atom. The summed E-state index contributed by atoms with van der Waals surface area (Å²) in [5, 5.41) is 19.7. The summed E-state index contributed by atoms with van der Waals surface area (Å²) >= 11 is 3.16. The van der Waals surface area contributed by atoms with Crippen molar-refractivity contribution in [1.82, 2.24) is 20.2 Å². The van der Waals surface area contributed by atoms with Gasteiger partial charge in [-0.3, -0.25) is 4.79 Å². The molecule has 0 radical (unpaired) electrons. The molecule has 1 unspecified atom stereocenters. The molecule has 0 bridgehead atoms. The van der Waals surface area contributed by atoms with Crippen LogP contribution in [0.25, 0.3) is 11.4 Å². The zero-order valence-corrected chi connectivity index (χ0v) is 11.5. The number of halogens is 2. The molecule has 0 amide bonds. The van der Waals surface area contributed by atoms with Gasteiger partial charge >= 0.3 is 5.97 Å². The lowest BCUT2D eigenvalue weighted by Crippen LogP contribution is -2.13. The van der Waals surface area contributed by atoms with Gasteiger partial charge in [0.1, 0.15) is 5.82 Å². The summed E-state index contributed by atoms with van der Waals surface area (Å²) in [7, 11) is 0. The molecule has 2 aromatic rings. The maximum atomic E-state index is 13.9. The van der Waals surface area contributed by atoms with Gasteiger partial charge in [0.25, 0.3) is 0 Å². The molecule has 0 aliphatic carbocycles. The van der Waals surface area contributed by atoms with Crippen LogP contribution in [-0.2, 0) is 4.79 Å². The van der Waals surface area contributed by atoms with E-state index in [0.717, 1.165) is 0 Å². The van der Waals surface area contributed by atoms with Gasteiger partial charge in [0.2, 0.25) is 0 Å². The highest BCUT2D eigenvalue weighted by atomic mass is 79.9. The van der Waals surface area contributed by atoms with Gasteiger partial charge < -0.3 is 5.11 Å². The number of hydrogen-bond donors (Lipinski definition) is 1. The highest BCUT2D eigenvalue weighted by Crippen LogP contribution is 2.25. The molecule has 0 saturated heterocycles. The number of hydrogen-bond acceptors (Lipinski definition) is 4. The molecule has 1 atom stereocenters. The second-order valence-corrected chi connectivity index (χ2v) is 4.93. The van der Waals surface area contributed by atoms with Crippen molar-refractivity contribution in [3.05, 3.63) is 28.5 Å². The summed E-state index contributed by atoms with van der Waals surface area (Å²) in [6, 6.07) is 4.04. The van der Waals surface area contributed by atoms with E-state index in [2.05, 4.69) is 31.5 Å². The van der Waals surface area contributed by atoms with Crippen molar-refractivity contribution < 1.29 is 14.3 Å². The number of nitrogens with zero attached hydrogens (tertiary/aromatic N) is 4. The summed E-state index contributed by atoms with van der Waals surface area (Å²) < 4.78 is 15.8. The topological polar surface area (TPSA) is 80.9 Å². The largest absolute Gasteiger partial charge is 0.481 e. The van der Waals surface area contributed by atoms with E-state index in [1.54, 1.807) is 13.0 Å². The van der Waals surface area contributed by atoms with E-state index in [1.807, 2.05) is 0 Å². The molecule has 6 nitrogen and oxygen atoms in total. The zero-order valence-electron chi connectivity index (χ0n) is 9.92. The Hall–Kier alpha value is -1.83. The third-order valence-corrected chi connectivity index (χ3v) is 3.05. The highest BCUT2D eigenvalue weighted by molar-refractivity contribution is 9.10. The molecule has 1 N–H and O–H groups in total. The number of rotatable bonds is 4. The van der Waals surface area contributed by atoms with E-state index in [4.69, 9.17) is 5.11 Å². The molecule has 19 heavy (non-hydrogen) atoms. The number of carbonyl (C=O) groups is 1. The Morgan fingerprint density at radius 3 is 2.95 bits per heavy atom. The lowest BCUT2D eigenvalue weighted by molar-refractivity contribution is -0.137. The first kappa shape index (κ1) is 13.6. The SMILES string of the molecule is CC(CC(=O)O)n1nnnc1-c1ccc(Br)cc1F. The minimum atomic E-state index is -0.967.